The number of ether oxygens (including phenoxy) is 1. The van der Waals surface area contributed by atoms with Crippen molar-refractivity contribution in [2.24, 2.45) is 0 Å². The summed E-state index contributed by atoms with van der Waals surface area (Å²) in [5.74, 6) is 1.10. The maximum atomic E-state index is 11.8. The third-order valence-corrected chi connectivity index (χ3v) is 4.95. The predicted octanol–water partition coefficient (Wildman–Crippen LogP) is 1.78. The summed E-state index contributed by atoms with van der Waals surface area (Å²) in [7, 11) is 0. The lowest BCUT2D eigenvalue weighted by Gasteiger charge is -2.38. The van der Waals surface area contributed by atoms with Crippen molar-refractivity contribution in [1.29, 1.82) is 0 Å². The van der Waals surface area contributed by atoms with Crippen LogP contribution in [0.3, 0.4) is 0 Å². The van der Waals surface area contributed by atoms with E-state index in [9.17, 15) is 10.1 Å². The number of aromatic nitrogens is 1. The molecule has 2 aliphatic rings. The van der Waals surface area contributed by atoms with Gasteiger partial charge in [-0.15, -0.1) is 0 Å². The van der Waals surface area contributed by atoms with Gasteiger partial charge in [0, 0.05) is 45.3 Å². The van der Waals surface area contributed by atoms with E-state index < -0.39 is 0 Å². The normalized spacial score (nSPS) is 18.1. The van der Waals surface area contributed by atoms with Gasteiger partial charge in [-0.3, -0.25) is 15.1 Å². The second-order valence-electron chi connectivity index (χ2n) is 6.72. The van der Waals surface area contributed by atoms with Gasteiger partial charge in [0.25, 0.3) is 0 Å². The van der Waals surface area contributed by atoms with Crippen LogP contribution in [0.1, 0.15) is 0 Å². The van der Waals surface area contributed by atoms with E-state index in [0.717, 1.165) is 37.7 Å². The molecule has 148 valence electrons. The van der Waals surface area contributed by atoms with Gasteiger partial charge in [-0.05, 0) is 18.2 Å². The fraction of sp³-hybridized carbons (Fsp3) is 0.421. The molecule has 0 unspecified atom stereocenters. The Labute approximate surface area is 163 Å². The molecule has 9 heteroatoms. The van der Waals surface area contributed by atoms with Gasteiger partial charge in [-0.25, -0.2) is 9.99 Å². The number of rotatable bonds is 5. The summed E-state index contributed by atoms with van der Waals surface area (Å²) in [5, 5.41) is 19.1. The number of piperazine rings is 1. The van der Waals surface area contributed by atoms with Gasteiger partial charge >= 0.3 is 5.69 Å². The number of nitrogens with zero attached hydrogens (tertiary/aromatic N) is 5. The summed E-state index contributed by atoms with van der Waals surface area (Å²) >= 11 is 0. The summed E-state index contributed by atoms with van der Waals surface area (Å²) in [5.41, 5.74) is 0.840. The van der Waals surface area contributed by atoms with E-state index in [0.29, 0.717) is 32.1 Å². The number of nitrogens with one attached hydrogen (secondary N) is 1. The molecule has 0 radical (unpaired) electrons. The maximum absolute atomic E-state index is 11.8. The van der Waals surface area contributed by atoms with Crippen molar-refractivity contribution in [2.75, 3.05) is 62.4 Å². The maximum Gasteiger partial charge on any atom is 0.313 e. The minimum atomic E-state index is -0.361. The lowest BCUT2D eigenvalue weighted by Crippen LogP contribution is -2.47. The van der Waals surface area contributed by atoms with Crippen molar-refractivity contribution < 1.29 is 9.66 Å². The molecule has 0 aliphatic carbocycles. The largest absolute Gasteiger partial charge is 0.379 e. The lowest BCUT2D eigenvalue weighted by molar-refractivity contribution is -0.384. The standard InChI is InChI=1S/C19H24N6O3/c26-25(27)17-6-7-18(22-10-8-20-9-11-22)21-19(17)24(16-4-2-1-3-5-16)23-12-14-28-15-13-23/h1-7,20H,8-15H2. The molecule has 1 aromatic heterocycles. The van der Waals surface area contributed by atoms with Crippen molar-refractivity contribution in [3.8, 4) is 0 Å². The van der Waals surface area contributed by atoms with Crippen LogP contribution < -0.4 is 15.2 Å². The second-order valence-corrected chi connectivity index (χ2v) is 6.72. The number of hydrogen-bond acceptors (Lipinski definition) is 8. The molecule has 4 rings (SSSR count). The van der Waals surface area contributed by atoms with Crippen molar-refractivity contribution in [2.45, 2.75) is 0 Å². The number of benzene rings is 1. The SMILES string of the molecule is O=[N+]([O-])c1ccc(N2CCNCC2)nc1N(c1ccccc1)N1CCOCC1. The molecule has 2 saturated heterocycles. The first-order chi connectivity index (χ1) is 13.7. The lowest BCUT2D eigenvalue weighted by atomic mass is 10.2. The summed E-state index contributed by atoms with van der Waals surface area (Å²) in [6.45, 7) is 5.85. The minimum Gasteiger partial charge on any atom is -0.379 e. The van der Waals surface area contributed by atoms with Gasteiger partial charge in [-0.1, -0.05) is 18.2 Å². The number of anilines is 3. The Morgan fingerprint density at radius 2 is 1.75 bits per heavy atom. The Morgan fingerprint density at radius 3 is 2.43 bits per heavy atom. The smallest absolute Gasteiger partial charge is 0.313 e. The van der Waals surface area contributed by atoms with Crippen molar-refractivity contribution in [1.82, 2.24) is 15.3 Å². The molecule has 3 heterocycles. The average molecular weight is 384 g/mol. The molecule has 2 aromatic rings. The molecule has 1 N–H and O–H groups in total. The molecule has 0 bridgehead atoms. The Balaban J connectivity index is 1.79. The van der Waals surface area contributed by atoms with Crippen molar-refractivity contribution >= 4 is 23.0 Å². The highest BCUT2D eigenvalue weighted by Crippen LogP contribution is 2.35. The quantitative estimate of drug-likeness (QED) is 0.617. The summed E-state index contributed by atoms with van der Waals surface area (Å²) < 4.78 is 5.48. The molecule has 2 aliphatic heterocycles. The minimum absolute atomic E-state index is 0.00534. The van der Waals surface area contributed by atoms with E-state index in [-0.39, 0.29) is 10.6 Å². The highest BCUT2D eigenvalue weighted by molar-refractivity contribution is 5.69. The van der Waals surface area contributed by atoms with Gasteiger partial charge in [-0.2, -0.15) is 0 Å². The van der Waals surface area contributed by atoms with Crippen LogP contribution in [-0.4, -0.2) is 67.4 Å². The van der Waals surface area contributed by atoms with Crippen molar-refractivity contribution in [3.63, 3.8) is 0 Å². The van der Waals surface area contributed by atoms with Crippen LogP contribution in [0, 0.1) is 10.1 Å². The Kier molecular flexibility index (Phi) is 5.65. The molecule has 1 aromatic carbocycles. The molecule has 0 saturated carbocycles. The number of hydrazine groups is 1. The summed E-state index contributed by atoms with van der Waals surface area (Å²) in [4.78, 5) is 18.4. The number of pyridine rings is 1. The predicted molar refractivity (Wildman–Crippen MR) is 107 cm³/mol. The monoisotopic (exact) mass is 384 g/mol. The van der Waals surface area contributed by atoms with Gasteiger partial charge in [0.2, 0.25) is 5.82 Å². The number of nitro groups is 1. The van der Waals surface area contributed by atoms with Crippen LogP contribution >= 0.6 is 0 Å². The zero-order valence-electron chi connectivity index (χ0n) is 15.7. The first kappa shape index (κ1) is 18.6. The van der Waals surface area contributed by atoms with Gasteiger partial charge in [0.15, 0.2) is 0 Å². The van der Waals surface area contributed by atoms with Crippen LogP contribution in [0.2, 0.25) is 0 Å². The van der Waals surface area contributed by atoms with E-state index in [1.807, 2.05) is 35.3 Å². The topological polar surface area (TPSA) is 87.0 Å². The highest BCUT2D eigenvalue weighted by atomic mass is 16.6. The average Bonchev–Trinajstić information content (AvgIpc) is 2.76. The fourth-order valence-corrected chi connectivity index (χ4v) is 3.54. The molecule has 0 amide bonds. The van der Waals surface area contributed by atoms with Crippen LogP contribution in [0.5, 0.6) is 0 Å². The van der Waals surface area contributed by atoms with Crippen LogP contribution in [0.4, 0.5) is 23.0 Å². The molecular weight excluding hydrogens is 360 g/mol. The third-order valence-electron chi connectivity index (χ3n) is 4.95. The highest BCUT2D eigenvalue weighted by Gasteiger charge is 2.30. The van der Waals surface area contributed by atoms with E-state index in [1.54, 1.807) is 12.1 Å². The first-order valence-corrected chi connectivity index (χ1v) is 9.53. The van der Waals surface area contributed by atoms with Crippen LogP contribution in [-0.2, 0) is 4.74 Å². The second kappa shape index (κ2) is 8.51. The van der Waals surface area contributed by atoms with Crippen molar-refractivity contribution in [3.05, 3.63) is 52.6 Å². The van der Waals surface area contributed by atoms with E-state index in [1.165, 1.54) is 0 Å². The van der Waals surface area contributed by atoms with Crippen LogP contribution in [0.15, 0.2) is 42.5 Å². The zero-order valence-corrected chi connectivity index (χ0v) is 15.7. The zero-order chi connectivity index (χ0) is 19.3. The molecule has 9 nitrogen and oxygen atoms in total. The number of para-hydroxylation sites is 1. The molecular formula is C19H24N6O3. The first-order valence-electron chi connectivity index (χ1n) is 9.53. The van der Waals surface area contributed by atoms with Crippen LogP contribution in [0.25, 0.3) is 0 Å². The molecule has 0 spiro atoms. The van der Waals surface area contributed by atoms with Gasteiger partial charge in [0.1, 0.15) is 5.82 Å². The fourth-order valence-electron chi connectivity index (χ4n) is 3.54. The molecule has 28 heavy (non-hydrogen) atoms. The summed E-state index contributed by atoms with van der Waals surface area (Å²) in [6.07, 6.45) is 0. The van der Waals surface area contributed by atoms with E-state index in [4.69, 9.17) is 9.72 Å². The molecule has 2 fully saturated rings. The van der Waals surface area contributed by atoms with Gasteiger partial charge < -0.3 is 15.0 Å². The van der Waals surface area contributed by atoms with E-state index in [2.05, 4.69) is 15.2 Å². The summed E-state index contributed by atoms with van der Waals surface area (Å²) in [6, 6.07) is 13.0. The Morgan fingerprint density at radius 1 is 1.04 bits per heavy atom. The number of morpholine rings is 1. The Hall–Kier alpha value is -2.75. The van der Waals surface area contributed by atoms with Gasteiger partial charge in [0.05, 0.1) is 23.8 Å². The Bertz CT molecular complexity index is 807. The molecule has 0 atom stereocenters. The van der Waals surface area contributed by atoms with E-state index >= 15 is 0 Å². The number of hydrogen-bond donors (Lipinski definition) is 1. The third kappa shape index (κ3) is 3.91.